The molecule has 58 heavy (non-hydrogen) atoms. The van der Waals surface area contributed by atoms with Crippen LogP contribution in [-0.2, 0) is 28.6 Å². The maximum atomic E-state index is 12.8. The van der Waals surface area contributed by atoms with Crippen LogP contribution in [0.15, 0.2) is 0 Å². The lowest BCUT2D eigenvalue weighted by atomic mass is 10.0. The second-order valence-corrected chi connectivity index (χ2v) is 17.8. The van der Waals surface area contributed by atoms with E-state index in [9.17, 15) is 14.4 Å². The van der Waals surface area contributed by atoms with Crippen molar-refractivity contribution in [3.8, 4) is 0 Å². The zero-order valence-electron chi connectivity index (χ0n) is 39.3. The van der Waals surface area contributed by atoms with Crippen molar-refractivity contribution in [2.24, 2.45) is 0 Å². The normalized spacial score (nSPS) is 11.8. The van der Waals surface area contributed by atoms with E-state index in [-0.39, 0.29) is 31.1 Å². The first-order valence-electron chi connectivity index (χ1n) is 26.0. The van der Waals surface area contributed by atoms with Gasteiger partial charge in [0, 0.05) is 19.3 Å². The predicted molar refractivity (Wildman–Crippen MR) is 247 cm³/mol. The number of hydrogen-bond acceptors (Lipinski definition) is 6. The molecule has 0 radical (unpaired) electrons. The summed E-state index contributed by atoms with van der Waals surface area (Å²) < 4.78 is 16.7. The van der Waals surface area contributed by atoms with Crippen molar-refractivity contribution in [3.05, 3.63) is 0 Å². The number of hydrogen-bond donors (Lipinski definition) is 0. The molecule has 6 nitrogen and oxygen atoms in total. The van der Waals surface area contributed by atoms with E-state index in [1.54, 1.807) is 0 Å². The summed E-state index contributed by atoms with van der Waals surface area (Å²) in [5.74, 6) is -0.848. The third-order valence-electron chi connectivity index (χ3n) is 11.9. The Balaban J connectivity index is 4.19. The Hall–Kier alpha value is -1.59. The first kappa shape index (κ1) is 56.4. The van der Waals surface area contributed by atoms with E-state index < -0.39 is 6.10 Å². The molecule has 1 atom stereocenters. The summed E-state index contributed by atoms with van der Waals surface area (Å²) in [5.41, 5.74) is 0. The molecule has 0 heterocycles. The second kappa shape index (κ2) is 48.1. The van der Waals surface area contributed by atoms with Gasteiger partial charge in [-0.25, -0.2) is 0 Å². The zero-order chi connectivity index (χ0) is 42.3. The number of unbranched alkanes of at least 4 members (excludes halogenated alkanes) is 37. The van der Waals surface area contributed by atoms with Gasteiger partial charge in [-0.2, -0.15) is 0 Å². The minimum atomic E-state index is -0.758. The van der Waals surface area contributed by atoms with E-state index in [1.807, 2.05) is 0 Å². The Morgan fingerprint density at radius 2 is 0.466 bits per heavy atom. The molecule has 344 valence electrons. The van der Waals surface area contributed by atoms with Crippen LogP contribution < -0.4 is 0 Å². The van der Waals surface area contributed by atoms with Gasteiger partial charge < -0.3 is 14.2 Å². The van der Waals surface area contributed by atoms with Gasteiger partial charge in [0.05, 0.1) is 0 Å². The maximum Gasteiger partial charge on any atom is 0.306 e. The Morgan fingerprint density at radius 3 is 0.690 bits per heavy atom. The van der Waals surface area contributed by atoms with Gasteiger partial charge >= 0.3 is 17.9 Å². The van der Waals surface area contributed by atoms with Crippen molar-refractivity contribution in [2.75, 3.05) is 13.2 Å². The minimum absolute atomic E-state index is 0.0623. The molecule has 0 aliphatic carbocycles. The SMILES string of the molecule is CCCCCCCCCCCCCCCCCCCC(=O)O[C@H](COC(=O)CCCCCCCCC)COC(=O)CCCCCCCCCCCCCCCCCC. The van der Waals surface area contributed by atoms with E-state index in [4.69, 9.17) is 14.2 Å². The molecular formula is C52H100O6. The fraction of sp³-hybridized carbons (Fsp3) is 0.942. The molecule has 0 aliphatic heterocycles. The molecule has 0 amide bonds. The van der Waals surface area contributed by atoms with Crippen molar-refractivity contribution in [1.82, 2.24) is 0 Å². The lowest BCUT2D eigenvalue weighted by Gasteiger charge is -2.18. The van der Waals surface area contributed by atoms with Gasteiger partial charge in [0.15, 0.2) is 6.10 Å². The number of ether oxygens (including phenoxy) is 3. The molecule has 6 heteroatoms. The van der Waals surface area contributed by atoms with Crippen LogP contribution in [0.4, 0.5) is 0 Å². The molecule has 0 bridgehead atoms. The van der Waals surface area contributed by atoms with E-state index in [0.717, 1.165) is 57.8 Å². The summed E-state index contributed by atoms with van der Waals surface area (Å²) in [5, 5.41) is 0. The molecule has 0 saturated heterocycles. The quantitative estimate of drug-likeness (QED) is 0.0346. The highest BCUT2D eigenvalue weighted by atomic mass is 16.6. The first-order chi connectivity index (χ1) is 28.5. The fourth-order valence-electron chi connectivity index (χ4n) is 7.92. The third-order valence-corrected chi connectivity index (χ3v) is 11.9. The summed E-state index contributed by atoms with van der Waals surface area (Å²) >= 11 is 0. The standard InChI is InChI=1S/C52H100O6/c1-4-7-10-13-16-18-20-22-24-26-28-30-32-34-37-40-43-46-52(55)58-49(47-56-50(53)44-41-38-35-15-12-9-6-3)48-57-51(54)45-42-39-36-33-31-29-27-25-23-21-19-17-14-11-8-5-2/h49H,4-48H2,1-3H3/t49-/m1/s1. The Kier molecular flexibility index (Phi) is 46.8. The lowest BCUT2D eigenvalue weighted by Crippen LogP contribution is -2.30. The van der Waals surface area contributed by atoms with Gasteiger partial charge in [0.1, 0.15) is 13.2 Å². The molecule has 0 aromatic heterocycles. The van der Waals surface area contributed by atoms with Crippen LogP contribution >= 0.6 is 0 Å². The summed E-state index contributed by atoms with van der Waals surface area (Å²) in [6.45, 7) is 6.65. The van der Waals surface area contributed by atoms with Crippen LogP contribution in [-0.4, -0.2) is 37.2 Å². The monoisotopic (exact) mass is 821 g/mol. The van der Waals surface area contributed by atoms with E-state index in [1.165, 1.54) is 199 Å². The average Bonchev–Trinajstić information content (AvgIpc) is 3.22. The van der Waals surface area contributed by atoms with Gasteiger partial charge in [-0.15, -0.1) is 0 Å². The van der Waals surface area contributed by atoms with E-state index >= 15 is 0 Å². The molecule has 0 unspecified atom stereocenters. The highest BCUT2D eigenvalue weighted by molar-refractivity contribution is 5.71. The molecule has 0 N–H and O–H groups in total. The van der Waals surface area contributed by atoms with Gasteiger partial charge in [-0.1, -0.05) is 258 Å². The molecular weight excluding hydrogens is 721 g/mol. The molecule has 0 aromatic carbocycles. The van der Waals surface area contributed by atoms with Gasteiger partial charge in [-0.3, -0.25) is 14.4 Å². The Bertz CT molecular complexity index is 859. The van der Waals surface area contributed by atoms with Crippen LogP contribution in [0.25, 0.3) is 0 Å². The number of esters is 3. The lowest BCUT2D eigenvalue weighted by molar-refractivity contribution is -0.167. The summed E-state index contributed by atoms with van der Waals surface area (Å²) in [6.07, 6.45) is 51.0. The number of carbonyl (C=O) groups excluding carboxylic acids is 3. The second-order valence-electron chi connectivity index (χ2n) is 17.8. The number of carbonyl (C=O) groups is 3. The Morgan fingerprint density at radius 1 is 0.276 bits per heavy atom. The van der Waals surface area contributed by atoms with Crippen LogP contribution in [0, 0.1) is 0 Å². The highest BCUT2D eigenvalue weighted by Crippen LogP contribution is 2.17. The van der Waals surface area contributed by atoms with Crippen LogP contribution in [0.3, 0.4) is 0 Å². The van der Waals surface area contributed by atoms with Gasteiger partial charge in [0.25, 0.3) is 0 Å². The molecule has 0 saturated carbocycles. The third kappa shape index (κ3) is 45.5. The molecule has 0 aromatic rings. The summed E-state index contributed by atoms with van der Waals surface area (Å²) in [7, 11) is 0. The van der Waals surface area contributed by atoms with Crippen molar-refractivity contribution >= 4 is 17.9 Å². The largest absolute Gasteiger partial charge is 0.462 e. The van der Waals surface area contributed by atoms with Crippen molar-refractivity contribution in [2.45, 2.75) is 303 Å². The zero-order valence-corrected chi connectivity index (χ0v) is 39.3. The van der Waals surface area contributed by atoms with E-state index in [2.05, 4.69) is 20.8 Å². The smallest absolute Gasteiger partial charge is 0.306 e. The summed E-state index contributed by atoms with van der Waals surface area (Å²) in [4.78, 5) is 37.8. The van der Waals surface area contributed by atoms with Gasteiger partial charge in [-0.05, 0) is 19.3 Å². The summed E-state index contributed by atoms with van der Waals surface area (Å²) in [6, 6.07) is 0. The molecule has 0 fully saturated rings. The maximum absolute atomic E-state index is 12.8. The Labute approximate surface area is 361 Å². The topological polar surface area (TPSA) is 78.9 Å². The average molecular weight is 821 g/mol. The fourth-order valence-corrected chi connectivity index (χ4v) is 7.92. The van der Waals surface area contributed by atoms with Crippen LogP contribution in [0.1, 0.15) is 297 Å². The first-order valence-corrected chi connectivity index (χ1v) is 26.0. The highest BCUT2D eigenvalue weighted by Gasteiger charge is 2.19. The molecule has 0 rings (SSSR count). The van der Waals surface area contributed by atoms with Crippen molar-refractivity contribution < 1.29 is 28.6 Å². The molecule has 0 aliphatic rings. The minimum Gasteiger partial charge on any atom is -0.462 e. The van der Waals surface area contributed by atoms with Crippen LogP contribution in [0.2, 0.25) is 0 Å². The van der Waals surface area contributed by atoms with Gasteiger partial charge in [0.2, 0.25) is 0 Å². The van der Waals surface area contributed by atoms with Crippen LogP contribution in [0.5, 0.6) is 0 Å². The van der Waals surface area contributed by atoms with E-state index in [0.29, 0.717) is 19.3 Å². The predicted octanol–water partition coefficient (Wildman–Crippen LogP) is 16.8. The number of rotatable bonds is 48. The van der Waals surface area contributed by atoms with Crippen molar-refractivity contribution in [1.29, 1.82) is 0 Å². The molecule has 0 spiro atoms. The van der Waals surface area contributed by atoms with Crippen molar-refractivity contribution in [3.63, 3.8) is 0 Å².